The van der Waals surface area contributed by atoms with Crippen LogP contribution in [0.15, 0.2) is 12.3 Å². The van der Waals surface area contributed by atoms with Crippen LogP contribution < -0.4 is 0 Å². The van der Waals surface area contributed by atoms with E-state index in [-0.39, 0.29) is 9.65 Å². The van der Waals surface area contributed by atoms with Crippen molar-refractivity contribution >= 4 is 22.6 Å². The van der Waals surface area contributed by atoms with Gasteiger partial charge in [-0.25, -0.2) is 0 Å². The molecule has 0 aromatic rings. The van der Waals surface area contributed by atoms with Gasteiger partial charge in [-0.2, -0.15) is 0 Å². The molecule has 1 unspecified atom stereocenters. The van der Waals surface area contributed by atoms with E-state index in [9.17, 15) is 0 Å². The predicted molar refractivity (Wildman–Crippen MR) is 86.1 cm³/mol. The van der Waals surface area contributed by atoms with Gasteiger partial charge in [0.15, 0.2) is 0 Å². The first-order chi connectivity index (χ1) is 8.39. The van der Waals surface area contributed by atoms with Crippen molar-refractivity contribution < 1.29 is 4.74 Å². The zero-order valence-corrected chi connectivity index (χ0v) is 14.3. The van der Waals surface area contributed by atoms with Crippen LogP contribution in [0, 0.1) is 0 Å². The Hall–Kier alpha value is 0.190. The maximum Gasteiger partial charge on any atom is 0.128 e. The fraction of sp³-hybridized carbons (Fsp3) is 0.857. The van der Waals surface area contributed by atoms with Gasteiger partial charge in [-0.15, -0.1) is 0 Å². The Balaban J connectivity index is 2.16. The van der Waals surface area contributed by atoms with Crippen LogP contribution in [0.2, 0.25) is 0 Å². The molecule has 0 bridgehead atoms. The lowest BCUT2D eigenvalue weighted by Gasteiger charge is -2.30. The van der Waals surface area contributed by atoms with Crippen LogP contribution in [0.4, 0.5) is 0 Å². The molecule has 1 heterocycles. The van der Waals surface area contributed by atoms with E-state index in [1.54, 1.807) is 0 Å². The van der Waals surface area contributed by atoms with Gasteiger partial charge in [0, 0.05) is 19.1 Å². The molecule has 0 aromatic carbocycles. The second-order valence-corrected chi connectivity index (χ2v) is 7.12. The van der Waals surface area contributed by atoms with Crippen molar-refractivity contribution in [2.45, 2.75) is 43.3 Å². The van der Waals surface area contributed by atoms with E-state index in [0.717, 1.165) is 13.2 Å². The third-order valence-electron chi connectivity index (χ3n) is 3.40. The molecule has 18 heavy (non-hydrogen) atoms. The quantitative estimate of drug-likeness (QED) is 0.531. The minimum atomic E-state index is 0.162. The minimum Gasteiger partial charge on any atom is -0.376 e. The van der Waals surface area contributed by atoms with Gasteiger partial charge in [-0.3, -0.25) is 0 Å². The van der Waals surface area contributed by atoms with Crippen molar-refractivity contribution in [3.8, 4) is 0 Å². The molecule has 1 rings (SSSR count). The zero-order chi connectivity index (χ0) is 13.6. The fourth-order valence-corrected chi connectivity index (χ4v) is 2.22. The van der Waals surface area contributed by atoms with E-state index in [1.165, 1.54) is 25.9 Å². The molecule has 0 saturated carbocycles. The Kier molecular flexibility index (Phi) is 6.95. The Morgan fingerprint density at radius 3 is 2.50 bits per heavy atom. The lowest BCUT2D eigenvalue weighted by Crippen LogP contribution is -2.33. The standard InChI is InChI=1S/C14H27IN2O/c1-14(2,3)16(4)10-7-13(15)18-12-11-17-8-5-6-9-17/h7,10,13H,5-6,8-9,11-12H2,1-4H3/b10-7-. The monoisotopic (exact) mass is 366 g/mol. The minimum absolute atomic E-state index is 0.162. The highest BCUT2D eigenvalue weighted by molar-refractivity contribution is 14.1. The smallest absolute Gasteiger partial charge is 0.128 e. The SMILES string of the molecule is CN(/C=C\C(I)OCCN1CCCC1)C(C)(C)C. The van der Waals surface area contributed by atoms with Crippen molar-refractivity contribution in [2.75, 3.05) is 33.3 Å². The van der Waals surface area contributed by atoms with Crippen LogP contribution in [-0.2, 0) is 4.74 Å². The number of hydrogen-bond acceptors (Lipinski definition) is 3. The van der Waals surface area contributed by atoms with Crippen molar-refractivity contribution in [2.24, 2.45) is 0 Å². The zero-order valence-electron chi connectivity index (χ0n) is 12.2. The first-order valence-electron chi connectivity index (χ1n) is 6.79. The third kappa shape index (κ3) is 6.38. The molecule has 1 saturated heterocycles. The summed E-state index contributed by atoms with van der Waals surface area (Å²) in [7, 11) is 2.10. The number of likely N-dealkylation sites (tertiary alicyclic amines) is 1. The largest absolute Gasteiger partial charge is 0.376 e. The Bertz CT molecular complexity index is 257. The molecule has 0 aromatic heterocycles. The van der Waals surface area contributed by atoms with E-state index in [0.29, 0.717) is 0 Å². The van der Waals surface area contributed by atoms with E-state index in [4.69, 9.17) is 4.74 Å². The summed E-state index contributed by atoms with van der Waals surface area (Å²) in [6.07, 6.45) is 6.94. The van der Waals surface area contributed by atoms with Crippen LogP contribution >= 0.6 is 22.6 Å². The second kappa shape index (κ2) is 7.70. The molecule has 106 valence electrons. The summed E-state index contributed by atoms with van der Waals surface area (Å²) in [5.74, 6) is 0. The number of nitrogens with zero attached hydrogens (tertiary/aromatic N) is 2. The highest BCUT2D eigenvalue weighted by atomic mass is 127. The Morgan fingerprint density at radius 2 is 1.94 bits per heavy atom. The van der Waals surface area contributed by atoms with Gasteiger partial charge in [0.2, 0.25) is 0 Å². The summed E-state index contributed by atoms with van der Waals surface area (Å²) in [5, 5.41) is 0. The highest BCUT2D eigenvalue weighted by Crippen LogP contribution is 2.13. The lowest BCUT2D eigenvalue weighted by atomic mass is 10.1. The van der Waals surface area contributed by atoms with E-state index in [2.05, 4.69) is 72.5 Å². The van der Waals surface area contributed by atoms with Crippen LogP contribution in [0.3, 0.4) is 0 Å². The number of ether oxygens (including phenoxy) is 1. The van der Waals surface area contributed by atoms with Gasteiger partial charge in [0.05, 0.1) is 6.61 Å². The molecule has 1 fully saturated rings. The lowest BCUT2D eigenvalue weighted by molar-refractivity contribution is 0.122. The number of halogens is 1. The summed E-state index contributed by atoms with van der Waals surface area (Å²) in [4.78, 5) is 4.69. The van der Waals surface area contributed by atoms with Crippen molar-refractivity contribution in [3.63, 3.8) is 0 Å². The second-order valence-electron chi connectivity index (χ2n) is 5.89. The predicted octanol–water partition coefficient (Wildman–Crippen LogP) is 3.10. The number of hydrogen-bond donors (Lipinski definition) is 0. The van der Waals surface area contributed by atoms with Crippen LogP contribution in [0.1, 0.15) is 33.6 Å². The number of rotatable bonds is 6. The van der Waals surface area contributed by atoms with E-state index in [1.807, 2.05) is 0 Å². The third-order valence-corrected chi connectivity index (χ3v) is 4.18. The maximum atomic E-state index is 5.80. The van der Waals surface area contributed by atoms with Crippen LogP contribution in [0.25, 0.3) is 0 Å². The molecule has 1 aliphatic heterocycles. The molecule has 1 atom stereocenters. The van der Waals surface area contributed by atoms with Crippen molar-refractivity contribution in [1.82, 2.24) is 9.80 Å². The topological polar surface area (TPSA) is 15.7 Å². The van der Waals surface area contributed by atoms with Gasteiger partial charge >= 0.3 is 0 Å². The van der Waals surface area contributed by atoms with Gasteiger partial charge < -0.3 is 14.5 Å². The van der Waals surface area contributed by atoms with Gasteiger partial charge in [-0.1, -0.05) is 0 Å². The van der Waals surface area contributed by atoms with Crippen molar-refractivity contribution in [1.29, 1.82) is 0 Å². The summed E-state index contributed by atoms with van der Waals surface area (Å²) in [5.41, 5.74) is 0.169. The number of alkyl halides is 1. The van der Waals surface area contributed by atoms with E-state index < -0.39 is 0 Å². The fourth-order valence-electron chi connectivity index (χ4n) is 1.78. The molecular formula is C14H27IN2O. The normalized spacial score (nSPS) is 19.6. The molecule has 0 radical (unpaired) electrons. The van der Waals surface area contributed by atoms with E-state index >= 15 is 0 Å². The van der Waals surface area contributed by atoms with Crippen molar-refractivity contribution in [3.05, 3.63) is 12.3 Å². The van der Waals surface area contributed by atoms with Gasteiger partial charge in [0.1, 0.15) is 4.11 Å². The molecule has 1 aliphatic rings. The first-order valence-corrected chi connectivity index (χ1v) is 8.03. The summed E-state index contributed by atoms with van der Waals surface area (Å²) >= 11 is 2.34. The summed E-state index contributed by atoms with van der Waals surface area (Å²) in [6.45, 7) is 11.0. The Labute approximate surface area is 126 Å². The summed E-state index contributed by atoms with van der Waals surface area (Å²) in [6, 6.07) is 0. The van der Waals surface area contributed by atoms with Crippen LogP contribution in [0.5, 0.6) is 0 Å². The molecule has 0 aliphatic carbocycles. The van der Waals surface area contributed by atoms with Crippen LogP contribution in [-0.4, -0.2) is 52.7 Å². The molecule has 0 amide bonds. The molecule has 0 spiro atoms. The average Bonchev–Trinajstić information content (AvgIpc) is 2.77. The molecular weight excluding hydrogens is 339 g/mol. The first kappa shape index (κ1) is 16.2. The average molecular weight is 366 g/mol. The van der Waals surface area contributed by atoms with Gasteiger partial charge in [-0.05, 0) is 81.6 Å². The van der Waals surface area contributed by atoms with Gasteiger partial charge in [0.25, 0.3) is 0 Å². The maximum absolute atomic E-state index is 5.80. The molecule has 4 heteroatoms. The molecule has 0 N–H and O–H groups in total. The highest BCUT2D eigenvalue weighted by Gasteiger charge is 2.14. The molecule has 3 nitrogen and oxygen atoms in total. The Morgan fingerprint density at radius 1 is 1.33 bits per heavy atom. The summed E-state index contributed by atoms with van der Waals surface area (Å²) < 4.78 is 5.96.